The summed E-state index contributed by atoms with van der Waals surface area (Å²) >= 11 is 5.10. The van der Waals surface area contributed by atoms with E-state index in [4.69, 9.17) is 18.0 Å². The molecule has 1 rings (SSSR count). The maximum Gasteiger partial charge on any atom is 0.0784 e. The first-order valence-corrected chi connectivity index (χ1v) is 6.89. The number of nitrogens with zero attached hydrogens (tertiary/aromatic N) is 1. The number of thiocarbonyl (C=S) groups is 1. The van der Waals surface area contributed by atoms with E-state index in [-0.39, 0.29) is 5.41 Å². The second kappa shape index (κ2) is 5.97. The summed E-state index contributed by atoms with van der Waals surface area (Å²) in [5, 5.41) is 0. The summed E-state index contributed by atoms with van der Waals surface area (Å²) in [6.07, 6.45) is 5.16. The molecule has 0 aromatic heterocycles. The number of nitrogens with two attached hydrogens (primary N) is 1. The molecule has 0 amide bonds. The van der Waals surface area contributed by atoms with Crippen LogP contribution in [-0.4, -0.2) is 29.5 Å². The topological polar surface area (TPSA) is 29.3 Å². The molecule has 2 nitrogen and oxygen atoms in total. The van der Waals surface area contributed by atoms with Gasteiger partial charge in [-0.2, -0.15) is 0 Å². The first kappa shape index (κ1) is 13.9. The van der Waals surface area contributed by atoms with Crippen molar-refractivity contribution < 1.29 is 0 Å². The van der Waals surface area contributed by atoms with Crippen LogP contribution in [-0.2, 0) is 0 Å². The molecule has 1 unspecified atom stereocenters. The van der Waals surface area contributed by atoms with Crippen LogP contribution in [0.2, 0.25) is 0 Å². The molecule has 1 saturated heterocycles. The summed E-state index contributed by atoms with van der Waals surface area (Å²) < 4.78 is 0. The Bertz CT molecular complexity index is 238. The number of hydrogen-bond acceptors (Lipinski definition) is 2. The van der Waals surface area contributed by atoms with E-state index in [2.05, 4.69) is 25.7 Å². The second-order valence-corrected chi connectivity index (χ2v) is 6.16. The number of hydrogen-bond donors (Lipinski definition) is 1. The lowest BCUT2D eigenvalue weighted by atomic mass is 9.88. The third kappa shape index (κ3) is 4.02. The number of piperidine rings is 1. The van der Waals surface area contributed by atoms with Crippen molar-refractivity contribution >= 4 is 17.2 Å². The Hall–Kier alpha value is -0.150. The van der Waals surface area contributed by atoms with E-state index in [1.807, 2.05) is 0 Å². The molecular formula is C13H26N2S. The molecule has 94 valence electrons. The van der Waals surface area contributed by atoms with Gasteiger partial charge in [0.1, 0.15) is 0 Å². The molecule has 0 radical (unpaired) electrons. The number of likely N-dealkylation sites (tertiary alicyclic amines) is 1. The average Bonchev–Trinajstić information content (AvgIpc) is 2.26. The molecule has 0 aromatic rings. The van der Waals surface area contributed by atoms with Crippen LogP contribution in [0.15, 0.2) is 0 Å². The Balaban J connectivity index is 2.35. The molecule has 1 aliphatic rings. The largest absolute Gasteiger partial charge is 0.393 e. The van der Waals surface area contributed by atoms with Gasteiger partial charge in [0.2, 0.25) is 0 Å². The highest BCUT2D eigenvalue weighted by molar-refractivity contribution is 7.80. The molecule has 1 heterocycles. The van der Waals surface area contributed by atoms with Crippen LogP contribution in [0.1, 0.15) is 46.5 Å². The maximum atomic E-state index is 5.75. The van der Waals surface area contributed by atoms with Crippen molar-refractivity contribution in [3.63, 3.8) is 0 Å². The van der Waals surface area contributed by atoms with E-state index in [9.17, 15) is 0 Å². The summed E-state index contributed by atoms with van der Waals surface area (Å²) in [5.74, 6) is 0.904. The van der Waals surface area contributed by atoms with Gasteiger partial charge in [0.25, 0.3) is 0 Å². The quantitative estimate of drug-likeness (QED) is 0.752. The van der Waals surface area contributed by atoms with Gasteiger partial charge in [-0.3, -0.25) is 0 Å². The summed E-state index contributed by atoms with van der Waals surface area (Å²) in [4.78, 5) is 3.23. The third-order valence-electron chi connectivity index (χ3n) is 3.90. The molecule has 3 heteroatoms. The predicted molar refractivity (Wildman–Crippen MR) is 74.6 cm³/mol. The van der Waals surface area contributed by atoms with Crippen LogP contribution in [0.5, 0.6) is 0 Å². The Morgan fingerprint density at radius 2 is 2.19 bits per heavy atom. The van der Waals surface area contributed by atoms with Crippen LogP contribution in [0, 0.1) is 11.3 Å². The summed E-state index contributed by atoms with van der Waals surface area (Å²) in [6, 6.07) is 0. The Morgan fingerprint density at radius 3 is 2.75 bits per heavy atom. The molecule has 0 aromatic carbocycles. The van der Waals surface area contributed by atoms with Crippen LogP contribution in [0.25, 0.3) is 0 Å². The van der Waals surface area contributed by atoms with Crippen molar-refractivity contribution in [1.82, 2.24) is 4.90 Å². The minimum absolute atomic E-state index is 0.00842. The minimum atomic E-state index is 0.00842. The standard InChI is InChI=1S/C13H26N2S/c1-4-11-6-5-8-15(10-11)9-7-13(2,3)12(14)16/h11H,4-10H2,1-3H3,(H2,14,16). The fourth-order valence-corrected chi connectivity index (χ4v) is 2.35. The lowest BCUT2D eigenvalue weighted by Crippen LogP contribution is -2.39. The monoisotopic (exact) mass is 242 g/mol. The van der Waals surface area contributed by atoms with Crippen molar-refractivity contribution in [3.8, 4) is 0 Å². The zero-order valence-corrected chi connectivity index (χ0v) is 11.8. The van der Waals surface area contributed by atoms with E-state index < -0.39 is 0 Å². The fraction of sp³-hybridized carbons (Fsp3) is 0.923. The van der Waals surface area contributed by atoms with Crippen LogP contribution < -0.4 is 5.73 Å². The summed E-state index contributed by atoms with van der Waals surface area (Å²) in [7, 11) is 0. The molecule has 0 bridgehead atoms. The van der Waals surface area contributed by atoms with Gasteiger partial charge in [0, 0.05) is 12.0 Å². The first-order valence-electron chi connectivity index (χ1n) is 6.48. The van der Waals surface area contributed by atoms with Crippen LogP contribution >= 0.6 is 12.2 Å². The SMILES string of the molecule is CCC1CCCN(CCC(C)(C)C(N)=S)C1. The zero-order chi connectivity index (χ0) is 12.2. The lowest BCUT2D eigenvalue weighted by molar-refractivity contribution is 0.159. The van der Waals surface area contributed by atoms with Gasteiger partial charge in [-0.25, -0.2) is 0 Å². The molecule has 2 N–H and O–H groups in total. The molecule has 0 spiro atoms. The second-order valence-electron chi connectivity index (χ2n) is 5.72. The van der Waals surface area contributed by atoms with Gasteiger partial charge in [-0.1, -0.05) is 39.4 Å². The molecule has 0 saturated carbocycles. The smallest absolute Gasteiger partial charge is 0.0784 e. The zero-order valence-electron chi connectivity index (χ0n) is 11.0. The van der Waals surface area contributed by atoms with E-state index >= 15 is 0 Å². The fourth-order valence-electron chi connectivity index (χ4n) is 2.25. The highest BCUT2D eigenvalue weighted by Gasteiger charge is 2.24. The first-order chi connectivity index (χ1) is 7.45. The van der Waals surface area contributed by atoms with Gasteiger partial charge < -0.3 is 10.6 Å². The molecule has 1 aliphatic heterocycles. The molecular weight excluding hydrogens is 216 g/mol. The highest BCUT2D eigenvalue weighted by Crippen LogP contribution is 2.24. The van der Waals surface area contributed by atoms with Crippen LogP contribution in [0.4, 0.5) is 0 Å². The Kier molecular flexibility index (Phi) is 5.19. The van der Waals surface area contributed by atoms with Crippen molar-refractivity contribution in [2.75, 3.05) is 19.6 Å². The van der Waals surface area contributed by atoms with Crippen molar-refractivity contribution in [2.45, 2.75) is 46.5 Å². The highest BCUT2D eigenvalue weighted by atomic mass is 32.1. The van der Waals surface area contributed by atoms with Gasteiger partial charge in [0.05, 0.1) is 4.99 Å². The normalized spacial score (nSPS) is 23.3. The van der Waals surface area contributed by atoms with Gasteiger partial charge in [0.15, 0.2) is 0 Å². The summed E-state index contributed by atoms with van der Waals surface area (Å²) in [6.45, 7) is 10.3. The van der Waals surface area contributed by atoms with E-state index in [0.29, 0.717) is 4.99 Å². The van der Waals surface area contributed by atoms with Crippen molar-refractivity contribution in [3.05, 3.63) is 0 Å². The minimum Gasteiger partial charge on any atom is -0.393 e. The summed E-state index contributed by atoms with van der Waals surface area (Å²) in [5.41, 5.74) is 5.76. The van der Waals surface area contributed by atoms with Gasteiger partial charge in [-0.15, -0.1) is 0 Å². The Labute approximate surface area is 106 Å². The molecule has 1 fully saturated rings. The predicted octanol–water partition coefficient (Wildman–Crippen LogP) is 2.81. The van der Waals surface area contributed by atoms with E-state index in [0.717, 1.165) is 18.9 Å². The molecule has 1 atom stereocenters. The van der Waals surface area contributed by atoms with Gasteiger partial charge in [-0.05, 0) is 38.3 Å². The number of rotatable bonds is 5. The average molecular weight is 242 g/mol. The van der Waals surface area contributed by atoms with Crippen molar-refractivity contribution in [2.24, 2.45) is 17.1 Å². The third-order valence-corrected chi connectivity index (χ3v) is 4.45. The van der Waals surface area contributed by atoms with Gasteiger partial charge >= 0.3 is 0 Å². The lowest BCUT2D eigenvalue weighted by Gasteiger charge is -2.34. The van der Waals surface area contributed by atoms with E-state index in [1.165, 1.54) is 32.4 Å². The Morgan fingerprint density at radius 1 is 1.50 bits per heavy atom. The van der Waals surface area contributed by atoms with E-state index in [1.54, 1.807) is 0 Å². The van der Waals surface area contributed by atoms with Crippen molar-refractivity contribution in [1.29, 1.82) is 0 Å². The van der Waals surface area contributed by atoms with Crippen LogP contribution in [0.3, 0.4) is 0 Å². The maximum absolute atomic E-state index is 5.75. The molecule has 16 heavy (non-hydrogen) atoms. The molecule has 0 aliphatic carbocycles.